The third-order valence-electron chi connectivity index (χ3n) is 4.73. The van der Waals surface area contributed by atoms with Gasteiger partial charge in [0.1, 0.15) is 0 Å². The van der Waals surface area contributed by atoms with E-state index in [1.165, 1.54) is 11.8 Å². The zero-order chi connectivity index (χ0) is 19.8. The summed E-state index contributed by atoms with van der Waals surface area (Å²) in [5.41, 5.74) is 8.66. The maximum absolute atomic E-state index is 12.5. The van der Waals surface area contributed by atoms with Crippen LogP contribution in [0.1, 0.15) is 21.5 Å². The molecule has 2 aromatic carbocycles. The van der Waals surface area contributed by atoms with Crippen LogP contribution in [0.5, 0.6) is 0 Å². The third kappa shape index (κ3) is 5.71. The fourth-order valence-corrected chi connectivity index (χ4v) is 3.07. The highest BCUT2D eigenvalue weighted by Gasteiger charge is 2.14. The predicted molar refractivity (Wildman–Crippen MR) is 114 cm³/mol. The topological polar surface area (TPSA) is 61.6 Å². The Bertz CT molecular complexity index is 885. The monoisotopic (exact) mass is 374 g/mol. The lowest BCUT2D eigenvalue weighted by Crippen LogP contribution is -2.43. The van der Waals surface area contributed by atoms with E-state index in [0.29, 0.717) is 5.56 Å². The first kappa shape index (κ1) is 19.7. The Morgan fingerprint density at radius 1 is 1.14 bits per heavy atom. The van der Waals surface area contributed by atoms with Crippen molar-refractivity contribution in [3.63, 3.8) is 0 Å². The van der Waals surface area contributed by atoms with Gasteiger partial charge < -0.3 is 16.0 Å². The molecule has 0 radical (unpaired) electrons. The highest BCUT2D eigenvalue weighted by atomic mass is 16.1. The van der Waals surface area contributed by atoms with Crippen LogP contribution in [-0.2, 0) is 6.54 Å². The van der Waals surface area contributed by atoms with Crippen LogP contribution < -0.4 is 11.1 Å². The molecule has 0 unspecified atom stereocenters. The molecule has 0 bridgehead atoms. The fourth-order valence-electron chi connectivity index (χ4n) is 3.07. The summed E-state index contributed by atoms with van der Waals surface area (Å²) in [6.45, 7) is 5.35. The van der Waals surface area contributed by atoms with Crippen molar-refractivity contribution in [1.29, 1.82) is 0 Å². The minimum Gasteiger partial charge on any atom is -0.404 e. The fraction of sp³-hybridized carbons (Fsp3) is 0.261. The van der Waals surface area contributed by atoms with Gasteiger partial charge >= 0.3 is 0 Å². The Kier molecular flexibility index (Phi) is 6.85. The number of benzene rings is 2. The van der Waals surface area contributed by atoms with Gasteiger partial charge in [0, 0.05) is 61.8 Å². The molecule has 0 atom stereocenters. The molecular formula is C23H26N4O. The number of likely N-dealkylation sites (N-methyl/N-ethyl adjacent to an activating group) is 1. The molecule has 0 saturated carbocycles. The highest BCUT2D eigenvalue weighted by Crippen LogP contribution is 2.14. The number of hydrogen-bond donors (Lipinski definition) is 2. The SMILES string of the molecule is CN1CCN(Cc2ccc(NC(=O)c3cccc(C#C/C=C/N)c3)cc2)CC1. The molecule has 0 aliphatic carbocycles. The van der Waals surface area contributed by atoms with E-state index in [1.54, 1.807) is 18.2 Å². The minimum atomic E-state index is -0.148. The van der Waals surface area contributed by atoms with Gasteiger partial charge in [0.25, 0.3) is 5.91 Å². The number of carbonyl (C=O) groups is 1. The normalized spacial score (nSPS) is 15.2. The van der Waals surface area contributed by atoms with Crippen LogP contribution in [0.3, 0.4) is 0 Å². The lowest BCUT2D eigenvalue weighted by Gasteiger charge is -2.32. The average Bonchev–Trinajstić information content (AvgIpc) is 2.71. The first-order valence-corrected chi connectivity index (χ1v) is 9.43. The van der Waals surface area contributed by atoms with E-state index in [1.807, 2.05) is 24.3 Å². The summed E-state index contributed by atoms with van der Waals surface area (Å²) in [4.78, 5) is 17.3. The molecule has 144 valence electrons. The van der Waals surface area contributed by atoms with E-state index in [0.717, 1.165) is 44.0 Å². The van der Waals surface area contributed by atoms with Crippen LogP contribution in [0.25, 0.3) is 0 Å². The molecule has 1 fully saturated rings. The summed E-state index contributed by atoms with van der Waals surface area (Å²) >= 11 is 0. The molecule has 0 spiro atoms. The quantitative estimate of drug-likeness (QED) is 0.808. The van der Waals surface area contributed by atoms with Crippen molar-refractivity contribution in [1.82, 2.24) is 9.80 Å². The molecule has 1 saturated heterocycles. The number of anilines is 1. The molecule has 3 rings (SSSR count). The maximum Gasteiger partial charge on any atom is 0.255 e. The molecule has 0 aromatic heterocycles. The predicted octanol–water partition coefficient (Wildman–Crippen LogP) is 2.51. The summed E-state index contributed by atoms with van der Waals surface area (Å²) in [5, 5.41) is 2.95. The third-order valence-corrected chi connectivity index (χ3v) is 4.73. The Morgan fingerprint density at radius 3 is 2.61 bits per heavy atom. The summed E-state index contributed by atoms with van der Waals surface area (Å²) in [6, 6.07) is 15.3. The zero-order valence-corrected chi connectivity index (χ0v) is 16.2. The zero-order valence-electron chi connectivity index (χ0n) is 16.2. The van der Waals surface area contributed by atoms with E-state index >= 15 is 0 Å². The molecule has 3 N–H and O–H groups in total. The maximum atomic E-state index is 12.5. The molecule has 2 aromatic rings. The molecule has 5 nitrogen and oxygen atoms in total. The molecule has 1 amide bonds. The van der Waals surface area contributed by atoms with Gasteiger partial charge in [-0.05, 0) is 42.9 Å². The van der Waals surface area contributed by atoms with Crippen molar-refractivity contribution in [3.05, 3.63) is 77.5 Å². The van der Waals surface area contributed by atoms with E-state index in [9.17, 15) is 4.79 Å². The van der Waals surface area contributed by atoms with Crippen LogP contribution in [0, 0.1) is 11.8 Å². The van der Waals surface area contributed by atoms with E-state index < -0.39 is 0 Å². The first-order valence-electron chi connectivity index (χ1n) is 9.43. The molecule has 1 heterocycles. The van der Waals surface area contributed by atoms with Crippen molar-refractivity contribution in [2.45, 2.75) is 6.54 Å². The average molecular weight is 374 g/mol. The van der Waals surface area contributed by atoms with Crippen molar-refractivity contribution in [3.8, 4) is 11.8 Å². The van der Waals surface area contributed by atoms with Crippen molar-refractivity contribution in [2.75, 3.05) is 38.5 Å². The second kappa shape index (κ2) is 9.75. The summed E-state index contributed by atoms with van der Waals surface area (Å²) in [7, 11) is 2.16. The van der Waals surface area contributed by atoms with Crippen LogP contribution in [0.4, 0.5) is 5.69 Å². The Labute approximate surface area is 166 Å². The van der Waals surface area contributed by atoms with Gasteiger partial charge in [0.2, 0.25) is 0 Å². The van der Waals surface area contributed by atoms with E-state index in [2.05, 4.69) is 46.1 Å². The summed E-state index contributed by atoms with van der Waals surface area (Å²) in [5.74, 6) is 5.62. The number of nitrogens with one attached hydrogen (secondary N) is 1. The first-order chi connectivity index (χ1) is 13.6. The molecule has 1 aliphatic rings. The van der Waals surface area contributed by atoms with Gasteiger partial charge in [-0.2, -0.15) is 0 Å². The van der Waals surface area contributed by atoms with Crippen LogP contribution in [0.15, 0.2) is 60.8 Å². The largest absolute Gasteiger partial charge is 0.404 e. The summed E-state index contributed by atoms with van der Waals surface area (Å²) < 4.78 is 0. The van der Waals surface area contributed by atoms with Gasteiger partial charge in [0.15, 0.2) is 0 Å². The van der Waals surface area contributed by atoms with E-state index in [4.69, 9.17) is 5.73 Å². The Morgan fingerprint density at radius 2 is 1.89 bits per heavy atom. The lowest BCUT2D eigenvalue weighted by molar-refractivity contribution is 0.102. The lowest BCUT2D eigenvalue weighted by atomic mass is 10.1. The number of nitrogens with zero attached hydrogens (tertiary/aromatic N) is 2. The molecule has 28 heavy (non-hydrogen) atoms. The number of hydrogen-bond acceptors (Lipinski definition) is 4. The number of rotatable bonds is 4. The number of carbonyl (C=O) groups excluding carboxylic acids is 1. The van der Waals surface area contributed by atoms with Gasteiger partial charge in [-0.3, -0.25) is 9.69 Å². The second-order valence-corrected chi connectivity index (χ2v) is 6.94. The van der Waals surface area contributed by atoms with E-state index in [-0.39, 0.29) is 5.91 Å². The number of piperazine rings is 1. The standard InChI is InChI=1S/C23H26N4O/c1-26-13-15-27(16-14-26)18-20-8-10-22(11-9-20)25-23(28)21-7-4-6-19(17-21)5-2-3-12-24/h3-4,6-12,17H,13-16,18,24H2,1H3,(H,25,28)/b12-3+. The Balaban J connectivity index is 1.59. The smallest absolute Gasteiger partial charge is 0.255 e. The van der Waals surface area contributed by atoms with Crippen molar-refractivity contribution < 1.29 is 4.79 Å². The van der Waals surface area contributed by atoms with Gasteiger partial charge in [-0.1, -0.05) is 30.0 Å². The highest BCUT2D eigenvalue weighted by molar-refractivity contribution is 6.04. The minimum absolute atomic E-state index is 0.148. The van der Waals surface area contributed by atoms with Gasteiger partial charge in [-0.25, -0.2) is 0 Å². The number of amides is 1. The molecule has 5 heteroatoms. The number of allylic oxidation sites excluding steroid dienone is 1. The Hall–Kier alpha value is -3.07. The van der Waals surface area contributed by atoms with Crippen LogP contribution in [-0.4, -0.2) is 48.9 Å². The number of nitrogens with two attached hydrogens (primary N) is 1. The second-order valence-electron chi connectivity index (χ2n) is 6.94. The molecule has 1 aliphatic heterocycles. The van der Waals surface area contributed by atoms with Crippen molar-refractivity contribution >= 4 is 11.6 Å². The van der Waals surface area contributed by atoms with Gasteiger partial charge in [-0.15, -0.1) is 0 Å². The van der Waals surface area contributed by atoms with Gasteiger partial charge in [0.05, 0.1) is 0 Å². The summed E-state index contributed by atoms with van der Waals surface area (Å²) in [6.07, 6.45) is 2.95. The van der Waals surface area contributed by atoms with Crippen LogP contribution in [0.2, 0.25) is 0 Å². The van der Waals surface area contributed by atoms with Crippen LogP contribution >= 0.6 is 0 Å². The molecular weight excluding hydrogens is 348 g/mol. The van der Waals surface area contributed by atoms with Crippen molar-refractivity contribution in [2.24, 2.45) is 5.73 Å².